The van der Waals surface area contributed by atoms with Crippen molar-refractivity contribution in [2.75, 3.05) is 0 Å². The average molecular weight is 168 g/mol. The lowest BCUT2D eigenvalue weighted by atomic mass is 10.1. The first kappa shape index (κ1) is 7.14. The molecule has 58 valence electrons. The molecule has 0 heterocycles. The average Bonchev–Trinajstić information content (AvgIpc) is 2.68. The van der Waals surface area contributed by atoms with Crippen LogP contribution in [0.25, 0.3) is 0 Å². The van der Waals surface area contributed by atoms with E-state index in [9.17, 15) is 0 Å². The molecule has 2 N–H and O–H groups in total. The first-order chi connectivity index (χ1) is 5.29. The highest BCUT2D eigenvalue weighted by atomic mass is 35.5. The van der Waals surface area contributed by atoms with Gasteiger partial charge in [0.1, 0.15) is 0 Å². The molecule has 1 saturated carbocycles. The molecule has 0 bridgehead atoms. The molecular weight excluding hydrogens is 158 g/mol. The van der Waals surface area contributed by atoms with Gasteiger partial charge < -0.3 is 5.73 Å². The molecule has 0 aliphatic heterocycles. The predicted molar refractivity (Wildman–Crippen MR) is 46.8 cm³/mol. The van der Waals surface area contributed by atoms with Gasteiger partial charge >= 0.3 is 0 Å². The van der Waals surface area contributed by atoms with Gasteiger partial charge in [-0.3, -0.25) is 0 Å². The minimum absolute atomic E-state index is 0.342. The molecule has 1 aromatic rings. The third kappa shape index (κ3) is 1.26. The SMILES string of the molecule is N[C@H]1C[C@H]1c1ccccc1Cl. The van der Waals surface area contributed by atoms with Gasteiger partial charge in [-0.1, -0.05) is 29.8 Å². The number of halogens is 1. The number of nitrogens with two attached hydrogens (primary N) is 1. The van der Waals surface area contributed by atoms with Crippen LogP contribution in [0.2, 0.25) is 5.02 Å². The van der Waals surface area contributed by atoms with Crippen molar-refractivity contribution in [3.63, 3.8) is 0 Å². The lowest BCUT2D eigenvalue weighted by molar-refractivity contribution is 0.991. The molecule has 0 amide bonds. The van der Waals surface area contributed by atoms with Gasteiger partial charge in [-0.05, 0) is 18.1 Å². The summed E-state index contributed by atoms with van der Waals surface area (Å²) in [5, 5.41) is 0.852. The summed E-state index contributed by atoms with van der Waals surface area (Å²) in [5.41, 5.74) is 6.92. The molecule has 2 heteroatoms. The molecule has 0 aromatic heterocycles. The Labute approximate surface area is 71.2 Å². The Morgan fingerprint density at radius 1 is 1.36 bits per heavy atom. The first-order valence-corrected chi connectivity index (χ1v) is 4.17. The standard InChI is InChI=1S/C9H10ClN/c10-8-4-2-1-3-6(8)7-5-9(7)11/h1-4,7,9H,5,11H2/t7-,9-/m0/s1. The van der Waals surface area contributed by atoms with Gasteiger partial charge in [0.15, 0.2) is 0 Å². The van der Waals surface area contributed by atoms with Gasteiger partial charge in [0, 0.05) is 17.0 Å². The van der Waals surface area contributed by atoms with Gasteiger partial charge in [0.2, 0.25) is 0 Å². The van der Waals surface area contributed by atoms with Crippen LogP contribution in [0, 0.1) is 0 Å². The number of hydrogen-bond donors (Lipinski definition) is 1. The van der Waals surface area contributed by atoms with Gasteiger partial charge in [0.05, 0.1) is 0 Å². The largest absolute Gasteiger partial charge is 0.327 e. The maximum atomic E-state index is 5.97. The fraction of sp³-hybridized carbons (Fsp3) is 0.333. The Balaban J connectivity index is 2.31. The molecule has 0 unspecified atom stereocenters. The monoisotopic (exact) mass is 167 g/mol. The van der Waals surface area contributed by atoms with Crippen LogP contribution in [0.1, 0.15) is 17.9 Å². The second kappa shape index (κ2) is 2.50. The van der Waals surface area contributed by atoms with E-state index in [2.05, 4.69) is 6.07 Å². The summed E-state index contributed by atoms with van der Waals surface area (Å²) in [6.07, 6.45) is 1.09. The van der Waals surface area contributed by atoms with Crippen molar-refractivity contribution in [2.45, 2.75) is 18.4 Å². The normalized spacial score (nSPS) is 28.5. The summed E-state index contributed by atoms with van der Waals surface area (Å²) in [4.78, 5) is 0. The lowest BCUT2D eigenvalue weighted by Crippen LogP contribution is -2.00. The van der Waals surface area contributed by atoms with Crippen LogP contribution in [0.3, 0.4) is 0 Å². The van der Waals surface area contributed by atoms with Crippen molar-refractivity contribution in [3.05, 3.63) is 34.9 Å². The van der Waals surface area contributed by atoms with Crippen LogP contribution in [0.15, 0.2) is 24.3 Å². The van der Waals surface area contributed by atoms with Crippen molar-refractivity contribution < 1.29 is 0 Å². The molecule has 1 nitrogen and oxygen atoms in total. The zero-order chi connectivity index (χ0) is 7.84. The zero-order valence-electron chi connectivity index (χ0n) is 6.13. The van der Waals surface area contributed by atoms with Gasteiger partial charge in [0.25, 0.3) is 0 Å². The fourth-order valence-corrected chi connectivity index (χ4v) is 1.62. The third-order valence-corrected chi connectivity index (χ3v) is 2.49. The van der Waals surface area contributed by atoms with E-state index < -0.39 is 0 Å². The summed E-state index contributed by atoms with van der Waals surface area (Å²) in [5.74, 6) is 0.517. The maximum absolute atomic E-state index is 5.97. The minimum atomic E-state index is 0.342. The molecule has 0 saturated heterocycles. The molecule has 1 aliphatic rings. The first-order valence-electron chi connectivity index (χ1n) is 3.79. The van der Waals surface area contributed by atoms with E-state index in [1.165, 1.54) is 5.56 Å². The maximum Gasteiger partial charge on any atom is 0.0441 e. The Morgan fingerprint density at radius 3 is 2.55 bits per heavy atom. The van der Waals surface area contributed by atoms with Gasteiger partial charge in [-0.15, -0.1) is 0 Å². The Hall–Kier alpha value is -0.530. The summed E-state index contributed by atoms with van der Waals surface area (Å²) < 4.78 is 0. The molecule has 1 fully saturated rings. The summed E-state index contributed by atoms with van der Waals surface area (Å²) in [7, 11) is 0. The molecule has 1 aromatic carbocycles. The Morgan fingerprint density at radius 2 is 2.00 bits per heavy atom. The lowest BCUT2D eigenvalue weighted by Gasteiger charge is -1.99. The Bertz CT molecular complexity index is 272. The van der Waals surface area contributed by atoms with Crippen LogP contribution < -0.4 is 5.73 Å². The van der Waals surface area contributed by atoms with Crippen molar-refractivity contribution in [3.8, 4) is 0 Å². The topological polar surface area (TPSA) is 26.0 Å². The Kier molecular flexibility index (Phi) is 1.63. The van der Waals surface area contributed by atoms with E-state index in [1.54, 1.807) is 0 Å². The second-order valence-corrected chi connectivity index (χ2v) is 3.43. The highest BCUT2D eigenvalue weighted by Gasteiger charge is 2.35. The highest BCUT2D eigenvalue weighted by molar-refractivity contribution is 6.31. The van der Waals surface area contributed by atoms with Crippen molar-refractivity contribution in [1.29, 1.82) is 0 Å². The van der Waals surface area contributed by atoms with E-state index in [4.69, 9.17) is 17.3 Å². The molecule has 0 radical (unpaired) electrons. The summed E-state index contributed by atoms with van der Waals surface area (Å²) >= 11 is 5.97. The number of hydrogen-bond acceptors (Lipinski definition) is 1. The smallest absolute Gasteiger partial charge is 0.0441 e. The van der Waals surface area contributed by atoms with E-state index in [-0.39, 0.29) is 0 Å². The zero-order valence-corrected chi connectivity index (χ0v) is 6.88. The van der Waals surface area contributed by atoms with Crippen molar-refractivity contribution >= 4 is 11.6 Å². The highest BCUT2D eigenvalue weighted by Crippen LogP contribution is 2.41. The van der Waals surface area contributed by atoms with Crippen molar-refractivity contribution in [1.82, 2.24) is 0 Å². The van der Waals surface area contributed by atoms with Crippen molar-refractivity contribution in [2.24, 2.45) is 5.73 Å². The molecule has 2 rings (SSSR count). The predicted octanol–water partition coefficient (Wildman–Crippen LogP) is 2.15. The minimum Gasteiger partial charge on any atom is -0.327 e. The molecule has 11 heavy (non-hydrogen) atoms. The second-order valence-electron chi connectivity index (χ2n) is 3.03. The third-order valence-electron chi connectivity index (χ3n) is 2.14. The van der Waals surface area contributed by atoms with Crippen LogP contribution >= 0.6 is 11.6 Å². The molecule has 2 atom stereocenters. The molecule has 1 aliphatic carbocycles. The number of benzene rings is 1. The van der Waals surface area contributed by atoms with E-state index >= 15 is 0 Å². The van der Waals surface area contributed by atoms with Crippen LogP contribution in [0.4, 0.5) is 0 Å². The summed E-state index contributed by atoms with van der Waals surface area (Å²) in [6.45, 7) is 0. The van der Waals surface area contributed by atoms with Crippen LogP contribution in [-0.2, 0) is 0 Å². The van der Waals surface area contributed by atoms with Crippen LogP contribution in [-0.4, -0.2) is 6.04 Å². The van der Waals surface area contributed by atoms with Gasteiger partial charge in [-0.2, -0.15) is 0 Å². The summed E-state index contributed by atoms with van der Waals surface area (Å²) in [6, 6.07) is 8.27. The van der Waals surface area contributed by atoms with Crippen LogP contribution in [0.5, 0.6) is 0 Å². The van der Waals surface area contributed by atoms with E-state index in [0.717, 1.165) is 11.4 Å². The van der Waals surface area contributed by atoms with E-state index in [1.807, 2.05) is 18.2 Å². The van der Waals surface area contributed by atoms with Gasteiger partial charge in [-0.25, -0.2) is 0 Å². The molecular formula is C9H10ClN. The fourth-order valence-electron chi connectivity index (χ4n) is 1.35. The van der Waals surface area contributed by atoms with E-state index in [0.29, 0.717) is 12.0 Å². The molecule has 0 spiro atoms. The number of rotatable bonds is 1. The quantitative estimate of drug-likeness (QED) is 0.682.